The number of piperidine rings is 1. The maximum atomic E-state index is 11.1. The third-order valence-electron chi connectivity index (χ3n) is 10.2. The van der Waals surface area contributed by atoms with E-state index >= 15 is 0 Å². The molecule has 2 aromatic rings. The number of phenolic OH excluding ortho intramolecular Hbond substituents is 1. The normalized spacial score (nSPS) is 34.0. The summed E-state index contributed by atoms with van der Waals surface area (Å²) in [5.74, 6) is 2.86. The summed E-state index contributed by atoms with van der Waals surface area (Å²) in [6.45, 7) is 6.45. The van der Waals surface area contributed by atoms with Crippen molar-refractivity contribution in [1.82, 2.24) is 4.90 Å². The van der Waals surface area contributed by atoms with Crippen molar-refractivity contribution in [2.24, 2.45) is 17.3 Å². The Morgan fingerprint density at radius 3 is 2.58 bits per heavy atom. The van der Waals surface area contributed by atoms with Gasteiger partial charge in [0.05, 0.1) is 11.1 Å². The Hall–Kier alpha value is -1.75. The van der Waals surface area contributed by atoms with Gasteiger partial charge in [0.1, 0.15) is 18.1 Å². The first-order valence-corrected chi connectivity index (χ1v) is 14.5. The molecular weight excluding hydrogens is 470 g/mol. The number of rotatable bonds is 5. The van der Waals surface area contributed by atoms with Crippen LogP contribution in [0.25, 0.3) is 0 Å². The van der Waals surface area contributed by atoms with Gasteiger partial charge in [0.15, 0.2) is 0 Å². The molecule has 3 fully saturated rings. The lowest BCUT2D eigenvalue weighted by atomic mass is 9.51. The van der Waals surface area contributed by atoms with E-state index < -0.39 is 0 Å². The van der Waals surface area contributed by atoms with Crippen molar-refractivity contribution in [2.75, 3.05) is 26.2 Å². The van der Waals surface area contributed by atoms with Gasteiger partial charge in [-0.2, -0.15) is 0 Å². The van der Waals surface area contributed by atoms with E-state index in [-0.39, 0.29) is 17.3 Å². The Labute approximate surface area is 220 Å². The van der Waals surface area contributed by atoms with Crippen molar-refractivity contribution in [1.29, 1.82) is 0 Å². The topological polar surface area (TPSA) is 52.9 Å². The second-order valence-corrected chi connectivity index (χ2v) is 12.4. The molecule has 0 amide bonds. The minimum absolute atomic E-state index is 0.0480. The van der Waals surface area contributed by atoms with Gasteiger partial charge >= 0.3 is 0 Å². The number of aliphatic hydroxyl groups excluding tert-OH is 1. The molecule has 2 aromatic carbocycles. The van der Waals surface area contributed by atoms with E-state index in [2.05, 4.69) is 42.2 Å². The smallest absolute Gasteiger partial charge is 0.134 e. The molecule has 194 valence electrons. The van der Waals surface area contributed by atoms with Crippen LogP contribution < -0.4 is 4.74 Å². The molecule has 1 heterocycles. The van der Waals surface area contributed by atoms with Gasteiger partial charge in [0.2, 0.25) is 0 Å². The molecule has 5 heteroatoms. The monoisotopic (exact) mass is 509 g/mol. The number of phenols is 1. The van der Waals surface area contributed by atoms with Gasteiger partial charge in [-0.15, -0.1) is 0 Å². The van der Waals surface area contributed by atoms with Gasteiger partial charge in [0.25, 0.3) is 0 Å². The van der Waals surface area contributed by atoms with E-state index in [0.29, 0.717) is 28.7 Å². The summed E-state index contributed by atoms with van der Waals surface area (Å²) in [5, 5.41) is 21.9. The van der Waals surface area contributed by atoms with Crippen molar-refractivity contribution < 1.29 is 14.9 Å². The van der Waals surface area contributed by atoms with Gasteiger partial charge in [0, 0.05) is 6.54 Å². The Kier molecular flexibility index (Phi) is 6.73. The quantitative estimate of drug-likeness (QED) is 0.481. The highest BCUT2D eigenvalue weighted by atomic mass is 35.5. The zero-order valence-corrected chi connectivity index (χ0v) is 22.2. The van der Waals surface area contributed by atoms with E-state index in [1.54, 1.807) is 6.07 Å². The van der Waals surface area contributed by atoms with Crippen LogP contribution in [0.2, 0.25) is 5.02 Å². The Morgan fingerprint density at radius 2 is 1.81 bits per heavy atom. The fourth-order valence-corrected chi connectivity index (χ4v) is 8.59. The highest BCUT2D eigenvalue weighted by Crippen LogP contribution is 2.65. The third-order valence-corrected chi connectivity index (χ3v) is 10.6. The van der Waals surface area contributed by atoms with Crippen LogP contribution in [0.4, 0.5) is 0 Å². The molecule has 4 nitrogen and oxygen atoms in total. The molecule has 6 atom stereocenters. The Morgan fingerprint density at radius 1 is 1.03 bits per heavy atom. The molecule has 1 aliphatic heterocycles. The number of hydrogen-bond acceptors (Lipinski definition) is 4. The van der Waals surface area contributed by atoms with Crippen molar-refractivity contribution in [3.8, 4) is 11.5 Å². The fourth-order valence-electron chi connectivity index (χ4n) is 8.33. The van der Waals surface area contributed by atoms with Crippen LogP contribution in [-0.2, 0) is 6.42 Å². The number of fused-ring (bicyclic) bond motifs is 5. The molecule has 36 heavy (non-hydrogen) atoms. The molecule has 3 aliphatic carbocycles. The lowest BCUT2D eigenvalue weighted by Gasteiger charge is -2.54. The largest absolute Gasteiger partial charge is 0.506 e. The van der Waals surface area contributed by atoms with Gasteiger partial charge in [-0.1, -0.05) is 43.1 Å². The number of nitrogens with zero attached hydrogens (tertiary/aromatic N) is 1. The summed E-state index contributed by atoms with van der Waals surface area (Å²) in [4.78, 5) is 2.51. The summed E-state index contributed by atoms with van der Waals surface area (Å²) < 4.78 is 6.12. The molecule has 2 N–H and O–H groups in total. The molecule has 0 unspecified atom stereocenters. The second-order valence-electron chi connectivity index (χ2n) is 12.0. The van der Waals surface area contributed by atoms with Crippen LogP contribution in [0.5, 0.6) is 11.5 Å². The highest BCUT2D eigenvalue weighted by Gasteiger charge is 2.57. The SMILES string of the molecule is C[C@]12C[C@H](c3ccc(OCCN4CCCCC4)cc3)[C@@H]3c4ccc(O)c(Cl)c4CC[C@H]3[C@@H]1CC[C@@H]2O. The minimum atomic E-state index is -0.229. The molecule has 0 radical (unpaired) electrons. The molecule has 4 aliphatic rings. The Balaban J connectivity index is 1.26. The van der Waals surface area contributed by atoms with Crippen molar-refractivity contribution in [3.63, 3.8) is 0 Å². The number of likely N-dealkylation sites (tertiary alicyclic amines) is 1. The number of ether oxygens (including phenoxy) is 1. The molecular formula is C31H40ClNO3. The summed E-state index contributed by atoms with van der Waals surface area (Å²) >= 11 is 6.61. The molecule has 1 saturated heterocycles. The van der Waals surface area contributed by atoms with Gasteiger partial charge in [-0.3, -0.25) is 4.90 Å². The summed E-state index contributed by atoms with van der Waals surface area (Å²) in [7, 11) is 0. The first-order chi connectivity index (χ1) is 17.5. The van der Waals surface area contributed by atoms with E-state index in [1.165, 1.54) is 43.5 Å². The minimum Gasteiger partial charge on any atom is -0.506 e. The zero-order chi connectivity index (χ0) is 24.9. The van der Waals surface area contributed by atoms with E-state index in [9.17, 15) is 10.2 Å². The molecule has 0 bridgehead atoms. The average Bonchev–Trinajstić information content (AvgIpc) is 3.20. The van der Waals surface area contributed by atoms with Crippen LogP contribution in [0.15, 0.2) is 36.4 Å². The molecule has 0 aromatic heterocycles. The first kappa shape index (κ1) is 24.6. The first-order valence-electron chi connectivity index (χ1n) is 14.1. The fraction of sp³-hybridized carbons (Fsp3) is 0.613. The van der Waals surface area contributed by atoms with E-state index in [1.807, 2.05) is 0 Å². The number of hydrogen-bond donors (Lipinski definition) is 2. The zero-order valence-electron chi connectivity index (χ0n) is 21.5. The van der Waals surface area contributed by atoms with Crippen molar-refractivity contribution in [2.45, 2.75) is 76.2 Å². The van der Waals surface area contributed by atoms with E-state index in [0.717, 1.165) is 56.6 Å². The lowest BCUT2D eigenvalue weighted by Crippen LogP contribution is -2.47. The highest BCUT2D eigenvalue weighted by molar-refractivity contribution is 6.32. The summed E-state index contributed by atoms with van der Waals surface area (Å²) in [6, 6.07) is 12.7. The third kappa shape index (κ3) is 4.23. The average molecular weight is 510 g/mol. The van der Waals surface area contributed by atoms with Gasteiger partial charge < -0.3 is 14.9 Å². The van der Waals surface area contributed by atoms with Crippen LogP contribution in [0.3, 0.4) is 0 Å². The van der Waals surface area contributed by atoms with Crippen LogP contribution in [-0.4, -0.2) is 47.5 Å². The molecule has 0 spiro atoms. The predicted octanol–water partition coefficient (Wildman–Crippen LogP) is 6.52. The number of aliphatic hydroxyl groups is 1. The van der Waals surface area contributed by atoms with Gasteiger partial charge in [-0.05, 0) is 122 Å². The maximum Gasteiger partial charge on any atom is 0.134 e. The summed E-state index contributed by atoms with van der Waals surface area (Å²) in [6.07, 6.45) is 8.71. The lowest BCUT2D eigenvalue weighted by molar-refractivity contribution is -0.0322. The number of halogens is 1. The van der Waals surface area contributed by atoms with E-state index in [4.69, 9.17) is 16.3 Å². The van der Waals surface area contributed by atoms with Crippen LogP contribution in [0.1, 0.15) is 80.4 Å². The van der Waals surface area contributed by atoms with Gasteiger partial charge in [-0.25, -0.2) is 0 Å². The number of benzene rings is 2. The maximum absolute atomic E-state index is 11.1. The predicted molar refractivity (Wildman–Crippen MR) is 144 cm³/mol. The number of aromatic hydroxyl groups is 1. The molecule has 2 saturated carbocycles. The van der Waals surface area contributed by atoms with Crippen molar-refractivity contribution >= 4 is 11.6 Å². The standard InChI is InChI=1S/C31H40ClNO3/c1-31-19-25(20-5-7-21(8-6-20)36-18-17-33-15-3-2-4-16-33)29-22-11-13-27(34)30(32)23(22)9-10-24(29)26(31)12-14-28(31)35/h5-8,11,13,24-26,28-29,34-35H,2-4,9-10,12,14-19H2,1H3/t24-,25+,26-,28-,29+,31-/m0/s1. The second kappa shape index (κ2) is 9.85. The molecule has 6 rings (SSSR count). The van der Waals surface area contributed by atoms with Crippen molar-refractivity contribution in [3.05, 3.63) is 58.1 Å². The van der Waals surface area contributed by atoms with Crippen LogP contribution in [0, 0.1) is 17.3 Å². The Bertz CT molecular complexity index is 1080. The van der Waals surface area contributed by atoms with Crippen LogP contribution >= 0.6 is 11.6 Å². The summed E-state index contributed by atoms with van der Waals surface area (Å²) in [5.41, 5.74) is 3.71.